The SMILES string of the molecule is COCCN(CCOC)c1cc(C)nc(C)c1/C(N)=N/O. The Labute approximate surface area is 125 Å². The number of aromatic nitrogens is 1. The van der Waals surface area contributed by atoms with E-state index in [-0.39, 0.29) is 5.84 Å². The van der Waals surface area contributed by atoms with E-state index >= 15 is 0 Å². The first-order valence-corrected chi connectivity index (χ1v) is 6.74. The van der Waals surface area contributed by atoms with E-state index < -0.39 is 0 Å². The minimum atomic E-state index is 0.0508. The van der Waals surface area contributed by atoms with Gasteiger partial charge in [0.1, 0.15) is 0 Å². The summed E-state index contributed by atoms with van der Waals surface area (Å²) in [5, 5.41) is 12.1. The summed E-state index contributed by atoms with van der Waals surface area (Å²) in [5.74, 6) is 0.0508. The number of methoxy groups -OCH3 is 2. The molecule has 1 rings (SSSR count). The van der Waals surface area contributed by atoms with Gasteiger partial charge in [-0.1, -0.05) is 5.16 Å². The molecule has 0 saturated carbocycles. The normalized spacial score (nSPS) is 11.7. The van der Waals surface area contributed by atoms with Crippen LogP contribution in [0.3, 0.4) is 0 Å². The molecule has 7 nitrogen and oxygen atoms in total. The Bertz CT molecular complexity index is 483. The summed E-state index contributed by atoms with van der Waals surface area (Å²) in [4.78, 5) is 6.47. The van der Waals surface area contributed by atoms with Crippen LogP contribution in [-0.2, 0) is 9.47 Å². The van der Waals surface area contributed by atoms with Crippen molar-refractivity contribution in [2.75, 3.05) is 45.4 Å². The van der Waals surface area contributed by atoms with Crippen molar-refractivity contribution in [2.45, 2.75) is 13.8 Å². The van der Waals surface area contributed by atoms with Crippen LogP contribution in [0.25, 0.3) is 0 Å². The van der Waals surface area contributed by atoms with Gasteiger partial charge in [-0.15, -0.1) is 0 Å². The first kappa shape index (κ1) is 17.2. The maximum Gasteiger partial charge on any atom is 0.174 e. The van der Waals surface area contributed by atoms with Crippen molar-refractivity contribution in [1.82, 2.24) is 4.98 Å². The maximum absolute atomic E-state index is 9.01. The number of hydrogen-bond donors (Lipinski definition) is 2. The summed E-state index contributed by atoms with van der Waals surface area (Å²) < 4.78 is 10.3. The van der Waals surface area contributed by atoms with Crippen LogP contribution in [0.4, 0.5) is 5.69 Å². The zero-order chi connectivity index (χ0) is 15.8. The van der Waals surface area contributed by atoms with Gasteiger partial charge in [0.15, 0.2) is 5.84 Å². The van der Waals surface area contributed by atoms with Crippen LogP contribution >= 0.6 is 0 Å². The maximum atomic E-state index is 9.01. The summed E-state index contributed by atoms with van der Waals surface area (Å²) in [6.07, 6.45) is 0. The van der Waals surface area contributed by atoms with Gasteiger partial charge in [-0.05, 0) is 19.9 Å². The lowest BCUT2D eigenvalue weighted by atomic mass is 10.1. The fourth-order valence-electron chi connectivity index (χ4n) is 2.18. The zero-order valence-corrected chi connectivity index (χ0v) is 13.1. The molecule has 1 aromatic rings. The zero-order valence-electron chi connectivity index (χ0n) is 13.1. The van der Waals surface area contributed by atoms with Crippen LogP contribution in [0.15, 0.2) is 11.2 Å². The molecule has 0 saturated heterocycles. The Balaban J connectivity index is 3.26. The molecule has 0 atom stereocenters. The molecule has 1 aromatic heterocycles. The highest BCUT2D eigenvalue weighted by atomic mass is 16.5. The molecule has 0 spiro atoms. The van der Waals surface area contributed by atoms with Gasteiger partial charge < -0.3 is 25.3 Å². The highest BCUT2D eigenvalue weighted by Gasteiger charge is 2.18. The van der Waals surface area contributed by atoms with Crippen molar-refractivity contribution < 1.29 is 14.7 Å². The van der Waals surface area contributed by atoms with E-state index in [0.717, 1.165) is 17.1 Å². The van der Waals surface area contributed by atoms with Crippen LogP contribution in [0.2, 0.25) is 0 Å². The lowest BCUT2D eigenvalue weighted by Gasteiger charge is -2.27. The molecule has 0 aliphatic heterocycles. The first-order chi connectivity index (χ1) is 10.0. The van der Waals surface area contributed by atoms with Gasteiger partial charge in [0, 0.05) is 33.0 Å². The van der Waals surface area contributed by atoms with Crippen LogP contribution in [0.5, 0.6) is 0 Å². The Morgan fingerprint density at radius 2 is 1.86 bits per heavy atom. The minimum Gasteiger partial charge on any atom is -0.409 e. The molecule has 0 aliphatic rings. The van der Waals surface area contributed by atoms with Gasteiger partial charge in [-0.2, -0.15) is 0 Å². The van der Waals surface area contributed by atoms with E-state index in [1.165, 1.54) is 0 Å². The molecule has 0 fully saturated rings. The Morgan fingerprint density at radius 3 is 2.33 bits per heavy atom. The van der Waals surface area contributed by atoms with E-state index in [2.05, 4.69) is 15.0 Å². The van der Waals surface area contributed by atoms with Crippen molar-refractivity contribution in [3.63, 3.8) is 0 Å². The molecule has 0 bridgehead atoms. The largest absolute Gasteiger partial charge is 0.409 e. The minimum absolute atomic E-state index is 0.0508. The smallest absolute Gasteiger partial charge is 0.174 e. The van der Waals surface area contributed by atoms with E-state index in [1.807, 2.05) is 19.9 Å². The number of oxime groups is 1. The first-order valence-electron chi connectivity index (χ1n) is 6.74. The highest BCUT2D eigenvalue weighted by Crippen LogP contribution is 2.24. The number of nitrogens with two attached hydrogens (primary N) is 1. The van der Waals surface area contributed by atoms with Crippen molar-refractivity contribution in [1.29, 1.82) is 0 Å². The second-order valence-corrected chi connectivity index (χ2v) is 4.70. The summed E-state index contributed by atoms with van der Waals surface area (Å²) in [5.41, 5.74) is 8.91. The van der Waals surface area contributed by atoms with Gasteiger partial charge in [0.25, 0.3) is 0 Å². The number of pyridine rings is 1. The van der Waals surface area contributed by atoms with Crippen molar-refractivity contribution in [3.8, 4) is 0 Å². The monoisotopic (exact) mass is 296 g/mol. The van der Waals surface area contributed by atoms with E-state index in [1.54, 1.807) is 14.2 Å². The third-order valence-corrected chi connectivity index (χ3v) is 3.14. The van der Waals surface area contributed by atoms with Gasteiger partial charge >= 0.3 is 0 Å². The van der Waals surface area contributed by atoms with Gasteiger partial charge in [-0.3, -0.25) is 4.98 Å². The predicted octanol–water partition coefficient (Wildman–Crippen LogP) is 0.892. The third-order valence-electron chi connectivity index (χ3n) is 3.14. The number of ether oxygens (including phenoxy) is 2. The van der Waals surface area contributed by atoms with Crippen LogP contribution < -0.4 is 10.6 Å². The molecule has 0 amide bonds. The summed E-state index contributed by atoms with van der Waals surface area (Å²) in [7, 11) is 3.31. The Morgan fingerprint density at radius 1 is 1.29 bits per heavy atom. The molecule has 0 unspecified atom stereocenters. The molecular weight excluding hydrogens is 272 g/mol. The van der Waals surface area contributed by atoms with Gasteiger partial charge in [-0.25, -0.2) is 0 Å². The second-order valence-electron chi connectivity index (χ2n) is 4.70. The summed E-state index contributed by atoms with van der Waals surface area (Å²) in [6, 6.07) is 1.92. The molecule has 0 radical (unpaired) electrons. The van der Waals surface area contributed by atoms with Crippen molar-refractivity contribution in [3.05, 3.63) is 23.0 Å². The molecule has 1 heterocycles. The Hall–Kier alpha value is -1.86. The van der Waals surface area contributed by atoms with Crippen LogP contribution in [-0.4, -0.2) is 56.5 Å². The lowest BCUT2D eigenvalue weighted by Crippen LogP contribution is -2.33. The molecule has 7 heteroatoms. The molecule has 21 heavy (non-hydrogen) atoms. The molecule has 0 aliphatic carbocycles. The molecule has 118 valence electrons. The van der Waals surface area contributed by atoms with Crippen LogP contribution in [0.1, 0.15) is 17.0 Å². The molecular formula is C14H24N4O3. The topological polar surface area (TPSA) is 93.2 Å². The van der Waals surface area contributed by atoms with Crippen LogP contribution in [0, 0.1) is 13.8 Å². The Kier molecular flexibility index (Phi) is 6.90. The highest BCUT2D eigenvalue weighted by molar-refractivity contribution is 6.03. The van der Waals surface area contributed by atoms with E-state index in [4.69, 9.17) is 20.4 Å². The number of amidine groups is 1. The van der Waals surface area contributed by atoms with Crippen molar-refractivity contribution in [2.24, 2.45) is 10.9 Å². The number of nitrogens with zero attached hydrogens (tertiary/aromatic N) is 3. The number of hydrogen-bond acceptors (Lipinski definition) is 6. The third kappa shape index (κ3) is 4.57. The molecule has 3 N–H and O–H groups in total. The lowest BCUT2D eigenvalue weighted by molar-refractivity contribution is 0.190. The number of anilines is 1. The standard InChI is InChI=1S/C14H24N4O3/c1-10-9-12(13(11(2)16-10)14(15)17-19)18(5-7-20-3)6-8-21-4/h9,19H,5-8H2,1-4H3,(H2,15,17). The fourth-order valence-corrected chi connectivity index (χ4v) is 2.18. The second kappa shape index (κ2) is 8.43. The van der Waals surface area contributed by atoms with E-state index in [9.17, 15) is 0 Å². The van der Waals surface area contributed by atoms with Gasteiger partial charge in [0.2, 0.25) is 0 Å². The number of aryl methyl sites for hydroxylation is 2. The van der Waals surface area contributed by atoms with E-state index in [0.29, 0.717) is 31.9 Å². The predicted molar refractivity (Wildman–Crippen MR) is 82.2 cm³/mol. The van der Waals surface area contributed by atoms with Crippen molar-refractivity contribution >= 4 is 11.5 Å². The van der Waals surface area contributed by atoms with Gasteiger partial charge in [0.05, 0.1) is 30.2 Å². The average molecular weight is 296 g/mol. The quantitative estimate of drug-likeness (QED) is 0.320. The average Bonchev–Trinajstić information content (AvgIpc) is 2.46. The summed E-state index contributed by atoms with van der Waals surface area (Å²) >= 11 is 0. The summed E-state index contributed by atoms with van der Waals surface area (Å²) in [6.45, 7) is 6.24. The number of rotatable bonds is 8. The molecule has 0 aromatic carbocycles. The fraction of sp³-hybridized carbons (Fsp3) is 0.571.